The molecule has 0 amide bonds. The zero-order valence-electron chi connectivity index (χ0n) is 15.4. The van der Waals surface area contributed by atoms with E-state index in [2.05, 4.69) is 57.1 Å². The SMILES string of the molecule is CCNC(=NCCNC(C)(C)C)N1CCC(CC(C)C)C1.I. The van der Waals surface area contributed by atoms with Crippen LogP contribution >= 0.6 is 24.0 Å². The monoisotopic (exact) mass is 424 g/mol. The number of halogens is 1. The van der Waals surface area contributed by atoms with Crippen LogP contribution in [0, 0.1) is 11.8 Å². The highest BCUT2D eigenvalue weighted by molar-refractivity contribution is 14.0. The number of nitrogens with zero attached hydrogens (tertiary/aromatic N) is 2. The predicted octanol–water partition coefficient (Wildman–Crippen LogP) is 3.33. The summed E-state index contributed by atoms with van der Waals surface area (Å²) in [4.78, 5) is 7.22. The third kappa shape index (κ3) is 9.18. The van der Waals surface area contributed by atoms with Gasteiger partial charge >= 0.3 is 0 Å². The third-order valence-electron chi connectivity index (χ3n) is 3.75. The molecule has 1 aliphatic heterocycles. The maximum absolute atomic E-state index is 4.78. The minimum absolute atomic E-state index is 0. The van der Waals surface area contributed by atoms with Gasteiger partial charge in [-0.2, -0.15) is 0 Å². The van der Waals surface area contributed by atoms with Gasteiger partial charge in [-0.05, 0) is 52.4 Å². The van der Waals surface area contributed by atoms with Crippen LogP contribution in [0.3, 0.4) is 0 Å². The van der Waals surface area contributed by atoms with E-state index < -0.39 is 0 Å². The summed E-state index contributed by atoms with van der Waals surface area (Å²) in [6.07, 6.45) is 2.64. The standard InChI is InChI=1S/C17H36N4.HI/c1-7-18-16(19-9-10-20-17(4,5)6)21-11-8-15(13-21)12-14(2)3;/h14-15,20H,7-13H2,1-6H3,(H,18,19);1H. The van der Waals surface area contributed by atoms with Crippen molar-refractivity contribution >= 4 is 29.9 Å². The molecule has 1 saturated heterocycles. The number of rotatable bonds is 6. The first-order valence-electron chi connectivity index (χ1n) is 8.60. The van der Waals surface area contributed by atoms with Gasteiger partial charge in [0.15, 0.2) is 5.96 Å². The average Bonchev–Trinajstić information content (AvgIpc) is 2.79. The molecule has 2 N–H and O–H groups in total. The van der Waals surface area contributed by atoms with Gasteiger partial charge in [0.2, 0.25) is 0 Å². The van der Waals surface area contributed by atoms with Gasteiger partial charge < -0.3 is 15.5 Å². The fraction of sp³-hybridized carbons (Fsp3) is 0.941. The molecule has 1 fully saturated rings. The second-order valence-electron chi connectivity index (χ2n) is 7.64. The van der Waals surface area contributed by atoms with Gasteiger partial charge in [-0.15, -0.1) is 24.0 Å². The Morgan fingerprint density at radius 3 is 2.55 bits per heavy atom. The topological polar surface area (TPSA) is 39.7 Å². The molecule has 0 saturated carbocycles. The zero-order chi connectivity index (χ0) is 15.9. The van der Waals surface area contributed by atoms with Crippen molar-refractivity contribution in [2.45, 2.75) is 59.9 Å². The molecule has 0 radical (unpaired) electrons. The Bertz CT molecular complexity index is 323. The molecule has 5 heteroatoms. The lowest BCUT2D eigenvalue weighted by Crippen LogP contribution is -2.41. The van der Waals surface area contributed by atoms with Crippen LogP contribution in [-0.2, 0) is 0 Å². The Balaban J connectivity index is 0.00000441. The molecule has 1 unspecified atom stereocenters. The Morgan fingerprint density at radius 2 is 2.00 bits per heavy atom. The fourth-order valence-electron chi connectivity index (χ4n) is 2.90. The summed E-state index contributed by atoms with van der Waals surface area (Å²) in [5, 5.41) is 6.94. The summed E-state index contributed by atoms with van der Waals surface area (Å²) < 4.78 is 0. The predicted molar refractivity (Wildman–Crippen MR) is 108 cm³/mol. The summed E-state index contributed by atoms with van der Waals surface area (Å²) in [5.74, 6) is 2.73. The maximum atomic E-state index is 4.78. The van der Waals surface area contributed by atoms with Crippen LogP contribution in [0.4, 0.5) is 0 Å². The fourth-order valence-corrected chi connectivity index (χ4v) is 2.90. The molecule has 4 nitrogen and oxygen atoms in total. The number of nitrogens with one attached hydrogen (secondary N) is 2. The largest absolute Gasteiger partial charge is 0.357 e. The van der Waals surface area contributed by atoms with Gasteiger partial charge in [0.05, 0.1) is 6.54 Å². The summed E-state index contributed by atoms with van der Waals surface area (Å²) in [6, 6.07) is 0. The van der Waals surface area contributed by atoms with Crippen molar-refractivity contribution in [1.29, 1.82) is 0 Å². The zero-order valence-corrected chi connectivity index (χ0v) is 17.7. The normalized spacial score (nSPS) is 19.5. The van der Waals surface area contributed by atoms with E-state index in [4.69, 9.17) is 4.99 Å². The van der Waals surface area contributed by atoms with Crippen LogP contribution in [0.5, 0.6) is 0 Å². The van der Waals surface area contributed by atoms with Gasteiger partial charge in [0.1, 0.15) is 0 Å². The lowest BCUT2D eigenvalue weighted by molar-refractivity contribution is 0.402. The third-order valence-corrected chi connectivity index (χ3v) is 3.75. The Hall–Kier alpha value is -0.0400. The number of likely N-dealkylation sites (tertiary alicyclic amines) is 1. The Labute approximate surface area is 154 Å². The molecule has 0 aromatic rings. The lowest BCUT2D eigenvalue weighted by atomic mass is 9.97. The van der Waals surface area contributed by atoms with Crippen molar-refractivity contribution in [3.63, 3.8) is 0 Å². The van der Waals surface area contributed by atoms with Crippen molar-refractivity contribution in [3.8, 4) is 0 Å². The van der Waals surface area contributed by atoms with Crippen molar-refractivity contribution in [1.82, 2.24) is 15.5 Å². The van der Waals surface area contributed by atoms with Crippen molar-refractivity contribution < 1.29 is 0 Å². The van der Waals surface area contributed by atoms with E-state index in [1.54, 1.807) is 0 Å². The first-order valence-corrected chi connectivity index (χ1v) is 8.60. The summed E-state index contributed by atoms with van der Waals surface area (Å²) in [5.41, 5.74) is 0.171. The summed E-state index contributed by atoms with van der Waals surface area (Å²) >= 11 is 0. The van der Waals surface area contributed by atoms with Gasteiger partial charge in [0, 0.05) is 31.7 Å². The van der Waals surface area contributed by atoms with Crippen LogP contribution in [0.1, 0.15) is 54.4 Å². The highest BCUT2D eigenvalue weighted by Crippen LogP contribution is 2.23. The summed E-state index contributed by atoms with van der Waals surface area (Å²) in [7, 11) is 0. The molecule has 22 heavy (non-hydrogen) atoms. The van der Waals surface area contributed by atoms with E-state index in [1.165, 1.54) is 12.8 Å². The van der Waals surface area contributed by atoms with Crippen molar-refractivity contribution in [2.75, 3.05) is 32.7 Å². The maximum Gasteiger partial charge on any atom is 0.193 e. The number of hydrogen-bond donors (Lipinski definition) is 2. The molecule has 1 heterocycles. The van der Waals surface area contributed by atoms with Gasteiger partial charge in [-0.25, -0.2) is 0 Å². The second kappa shape index (κ2) is 10.7. The van der Waals surface area contributed by atoms with E-state index in [1.807, 2.05) is 0 Å². The molecule has 0 aliphatic carbocycles. The average molecular weight is 424 g/mol. The van der Waals surface area contributed by atoms with Crippen molar-refractivity contribution in [3.05, 3.63) is 0 Å². The molecule has 1 rings (SSSR count). The molecule has 0 aromatic carbocycles. The Morgan fingerprint density at radius 1 is 1.32 bits per heavy atom. The van der Waals surface area contributed by atoms with E-state index in [0.717, 1.165) is 50.5 Å². The minimum Gasteiger partial charge on any atom is -0.357 e. The van der Waals surface area contributed by atoms with Crippen molar-refractivity contribution in [2.24, 2.45) is 16.8 Å². The Kier molecular flexibility index (Phi) is 10.7. The van der Waals surface area contributed by atoms with Crippen LogP contribution < -0.4 is 10.6 Å². The van der Waals surface area contributed by atoms with Crippen LogP contribution in [0.25, 0.3) is 0 Å². The molecular weight excluding hydrogens is 387 g/mol. The molecule has 1 aliphatic rings. The van der Waals surface area contributed by atoms with Crippen LogP contribution in [0.2, 0.25) is 0 Å². The van der Waals surface area contributed by atoms with E-state index >= 15 is 0 Å². The quantitative estimate of drug-likeness (QED) is 0.298. The first kappa shape index (κ1) is 22.0. The molecule has 1 atom stereocenters. The number of hydrogen-bond acceptors (Lipinski definition) is 2. The van der Waals surface area contributed by atoms with E-state index in [-0.39, 0.29) is 29.5 Å². The number of aliphatic imine (C=N–C) groups is 1. The van der Waals surface area contributed by atoms with E-state index in [9.17, 15) is 0 Å². The van der Waals surface area contributed by atoms with Gasteiger partial charge in [0.25, 0.3) is 0 Å². The highest BCUT2D eigenvalue weighted by atomic mass is 127. The van der Waals surface area contributed by atoms with Gasteiger partial charge in [-0.3, -0.25) is 4.99 Å². The molecule has 0 spiro atoms. The first-order chi connectivity index (χ1) is 9.81. The molecule has 0 bridgehead atoms. The smallest absolute Gasteiger partial charge is 0.193 e. The minimum atomic E-state index is 0. The lowest BCUT2D eigenvalue weighted by Gasteiger charge is -2.23. The molecule has 132 valence electrons. The number of guanidine groups is 1. The van der Waals surface area contributed by atoms with Crippen LogP contribution in [-0.4, -0.2) is 49.1 Å². The molecule has 0 aromatic heterocycles. The van der Waals surface area contributed by atoms with E-state index in [0.29, 0.717) is 0 Å². The summed E-state index contributed by atoms with van der Waals surface area (Å²) in [6.45, 7) is 18.4. The second-order valence-corrected chi connectivity index (χ2v) is 7.64. The highest BCUT2D eigenvalue weighted by Gasteiger charge is 2.25. The van der Waals surface area contributed by atoms with Gasteiger partial charge in [-0.1, -0.05) is 13.8 Å². The van der Waals surface area contributed by atoms with Crippen LogP contribution in [0.15, 0.2) is 4.99 Å². The molecular formula is C17H37IN4.